The number of nitrogens with one attached hydrogen (secondary N) is 1. The highest BCUT2D eigenvalue weighted by Crippen LogP contribution is 2.55. The number of nitrogens with zero attached hydrogens (tertiary/aromatic N) is 5. The summed E-state index contributed by atoms with van der Waals surface area (Å²) < 4.78 is 6.56. The van der Waals surface area contributed by atoms with Gasteiger partial charge in [-0.15, -0.1) is 23.2 Å². The maximum absolute atomic E-state index is 13.6. The van der Waals surface area contributed by atoms with Gasteiger partial charge < -0.3 is 15.0 Å². The molecule has 6 rings (SSSR count). The maximum atomic E-state index is 13.6. The predicted octanol–water partition coefficient (Wildman–Crippen LogP) is 3.30. The quantitative estimate of drug-likeness (QED) is 0.309. The van der Waals surface area contributed by atoms with E-state index in [2.05, 4.69) is 20.4 Å². The number of ether oxygens (including phenoxy) is 1. The number of alkyl halides is 2. The molecule has 2 aromatic heterocycles. The number of carbonyl (C=O) groups excluding carboxylic acids is 3. The van der Waals surface area contributed by atoms with E-state index in [4.69, 9.17) is 27.9 Å². The summed E-state index contributed by atoms with van der Waals surface area (Å²) in [5.41, 5.74) is 0.885. The summed E-state index contributed by atoms with van der Waals surface area (Å²) in [7, 11) is 0. The Morgan fingerprint density at radius 3 is 2.64 bits per heavy atom. The van der Waals surface area contributed by atoms with Crippen molar-refractivity contribution in [2.24, 2.45) is 11.8 Å². The van der Waals surface area contributed by atoms with Crippen molar-refractivity contribution in [2.45, 2.75) is 68.7 Å². The normalized spacial score (nSPS) is 25.2. The molecule has 12 heteroatoms. The van der Waals surface area contributed by atoms with E-state index in [9.17, 15) is 14.4 Å². The Balaban J connectivity index is 1.19. The Morgan fingerprint density at radius 1 is 1.21 bits per heavy atom. The molecule has 2 aliphatic carbocycles. The molecule has 3 fully saturated rings. The summed E-state index contributed by atoms with van der Waals surface area (Å²) in [5, 5.41) is 8.08. The number of piperidine rings is 1. The smallest absolute Gasteiger partial charge is 0.245 e. The van der Waals surface area contributed by atoms with E-state index in [1.807, 2.05) is 6.92 Å². The summed E-state index contributed by atoms with van der Waals surface area (Å²) in [6.07, 6.45) is 5.44. The maximum Gasteiger partial charge on any atom is 0.245 e. The van der Waals surface area contributed by atoms with Gasteiger partial charge >= 0.3 is 0 Å². The number of carbonyl (C=O) groups is 3. The van der Waals surface area contributed by atoms with Crippen LogP contribution in [-0.2, 0) is 22.7 Å². The van der Waals surface area contributed by atoms with Crippen molar-refractivity contribution < 1.29 is 19.1 Å². The van der Waals surface area contributed by atoms with Crippen molar-refractivity contribution >= 4 is 51.7 Å². The third-order valence-electron chi connectivity index (χ3n) is 7.87. The number of ketones is 1. The first kappa shape index (κ1) is 26.0. The topological polar surface area (TPSA) is 119 Å². The number of hydrogen-bond acceptors (Lipinski definition) is 7. The number of hydrogen-bond donors (Lipinski definition) is 1. The molecule has 2 saturated carbocycles. The predicted molar refractivity (Wildman–Crippen MR) is 143 cm³/mol. The second-order valence-electron chi connectivity index (χ2n) is 10.7. The molecule has 3 heterocycles. The van der Waals surface area contributed by atoms with E-state index >= 15 is 0 Å². The Hall–Kier alpha value is -3.24. The molecule has 1 N–H and O–H groups in total. The lowest BCUT2D eigenvalue weighted by Gasteiger charge is -2.28. The summed E-state index contributed by atoms with van der Waals surface area (Å²) in [5.74, 6) is 0.782. The average Bonchev–Trinajstić information content (AvgIpc) is 3.72. The molecule has 1 aliphatic heterocycles. The molecule has 2 unspecified atom stereocenters. The summed E-state index contributed by atoms with van der Waals surface area (Å²) in [4.78, 5) is 49.1. The first-order valence-corrected chi connectivity index (χ1v) is 13.8. The minimum Gasteiger partial charge on any atom is -0.486 e. The van der Waals surface area contributed by atoms with Gasteiger partial charge in [-0.25, -0.2) is 9.97 Å². The minimum absolute atomic E-state index is 0.000553. The van der Waals surface area contributed by atoms with E-state index in [0.717, 1.165) is 6.42 Å². The van der Waals surface area contributed by atoms with Gasteiger partial charge in [0.25, 0.3) is 0 Å². The SMILES string of the molecule is CC(=O)c1nn(CC(=O)N2[C@@H]3C[C@@H]3C[C@H]2C(=O)NC(C)C2CC2(Cl)Cl)c2ccc(OCc3ncccn3)cc12. The van der Waals surface area contributed by atoms with Crippen molar-refractivity contribution in [2.75, 3.05) is 0 Å². The molecular weight excluding hydrogens is 543 g/mol. The van der Waals surface area contributed by atoms with Crippen LogP contribution in [0.5, 0.6) is 5.75 Å². The first-order chi connectivity index (χ1) is 18.6. The highest BCUT2D eigenvalue weighted by molar-refractivity contribution is 6.51. The zero-order chi connectivity index (χ0) is 27.5. The monoisotopic (exact) mass is 570 g/mol. The fourth-order valence-corrected chi connectivity index (χ4v) is 6.35. The van der Waals surface area contributed by atoms with Gasteiger partial charge in [-0.05, 0) is 56.4 Å². The van der Waals surface area contributed by atoms with Gasteiger partial charge in [0, 0.05) is 42.7 Å². The number of benzene rings is 1. The number of rotatable bonds is 9. The van der Waals surface area contributed by atoms with Gasteiger partial charge in [0.1, 0.15) is 35.0 Å². The van der Waals surface area contributed by atoms with E-state index in [-0.39, 0.29) is 54.4 Å². The number of amides is 2. The summed E-state index contributed by atoms with van der Waals surface area (Å²) in [6.45, 7) is 3.41. The van der Waals surface area contributed by atoms with Gasteiger partial charge in [0.05, 0.1) is 5.52 Å². The molecule has 39 heavy (non-hydrogen) atoms. The van der Waals surface area contributed by atoms with Gasteiger partial charge in [0.15, 0.2) is 11.6 Å². The van der Waals surface area contributed by atoms with Crippen LogP contribution in [0.2, 0.25) is 0 Å². The summed E-state index contributed by atoms with van der Waals surface area (Å²) in [6, 6.07) is 6.33. The first-order valence-electron chi connectivity index (χ1n) is 13.0. The van der Waals surface area contributed by atoms with Crippen molar-refractivity contribution in [3.8, 4) is 5.75 Å². The van der Waals surface area contributed by atoms with Crippen molar-refractivity contribution in [1.82, 2.24) is 30.0 Å². The molecular formula is C27H28Cl2N6O4. The number of Topliss-reactive ketones (excluding diaryl/α,β-unsaturated/α-hetero) is 1. The number of likely N-dealkylation sites (tertiary alicyclic amines) is 1. The van der Waals surface area contributed by atoms with E-state index in [1.165, 1.54) is 11.6 Å². The van der Waals surface area contributed by atoms with E-state index < -0.39 is 10.4 Å². The lowest BCUT2D eigenvalue weighted by molar-refractivity contribution is -0.140. The largest absolute Gasteiger partial charge is 0.486 e. The molecule has 204 valence electrons. The zero-order valence-corrected chi connectivity index (χ0v) is 23.0. The third kappa shape index (κ3) is 5.07. The number of halogens is 2. The zero-order valence-electron chi connectivity index (χ0n) is 21.5. The van der Waals surface area contributed by atoms with E-state index in [0.29, 0.717) is 41.2 Å². The molecule has 10 nitrogen and oxygen atoms in total. The fraction of sp³-hybridized carbons (Fsp3) is 0.481. The molecule has 0 radical (unpaired) electrons. The molecule has 2 amide bonds. The fourth-order valence-electron chi connectivity index (χ4n) is 5.64. The van der Waals surface area contributed by atoms with Gasteiger partial charge in [-0.2, -0.15) is 5.10 Å². The lowest BCUT2D eigenvalue weighted by Crippen LogP contribution is -2.51. The molecule has 3 aliphatic rings. The van der Waals surface area contributed by atoms with Gasteiger partial charge in [-0.3, -0.25) is 19.1 Å². The van der Waals surface area contributed by atoms with Crippen LogP contribution in [0.3, 0.4) is 0 Å². The lowest BCUT2D eigenvalue weighted by atomic mass is 10.1. The third-order valence-corrected chi connectivity index (χ3v) is 8.74. The standard InChI is InChI=1S/C27H28Cl2N6O4/c1-14(19-11-27(19,28)29)32-26(38)22-9-16-8-21(16)35(22)24(37)12-34-20-5-4-17(10-18(20)25(33-34)15(2)36)39-13-23-30-6-3-7-31-23/h3-7,10,14,16,19,21-22H,8-9,11-13H2,1-2H3,(H,32,38)/t14?,16-,19?,21-,22+/m1/s1. The van der Waals surface area contributed by atoms with Gasteiger partial charge in [-0.1, -0.05) is 0 Å². The second-order valence-corrected chi connectivity index (χ2v) is 12.2. The number of aromatic nitrogens is 4. The second kappa shape index (κ2) is 9.75. The Kier molecular flexibility index (Phi) is 6.50. The Bertz CT molecular complexity index is 1460. The molecule has 1 saturated heterocycles. The van der Waals surface area contributed by atoms with Crippen molar-refractivity contribution in [3.05, 3.63) is 48.2 Å². The van der Waals surface area contributed by atoms with Crippen molar-refractivity contribution in [1.29, 1.82) is 0 Å². The van der Waals surface area contributed by atoms with Crippen LogP contribution in [-0.4, -0.2) is 64.7 Å². The van der Waals surface area contributed by atoms with Gasteiger partial charge in [0.2, 0.25) is 11.8 Å². The number of fused-ring (bicyclic) bond motifs is 2. The Labute approximate surface area is 235 Å². The van der Waals surface area contributed by atoms with Crippen LogP contribution in [0.15, 0.2) is 36.7 Å². The van der Waals surface area contributed by atoms with E-state index in [1.54, 1.807) is 41.6 Å². The van der Waals surface area contributed by atoms with Crippen LogP contribution in [0, 0.1) is 11.8 Å². The average molecular weight is 571 g/mol. The van der Waals surface area contributed by atoms with Crippen LogP contribution >= 0.6 is 23.2 Å². The molecule has 0 spiro atoms. The molecule has 3 aromatic rings. The molecule has 5 atom stereocenters. The summed E-state index contributed by atoms with van der Waals surface area (Å²) >= 11 is 12.3. The van der Waals surface area contributed by atoms with Crippen molar-refractivity contribution in [3.63, 3.8) is 0 Å². The van der Waals surface area contributed by atoms with Crippen LogP contribution in [0.25, 0.3) is 10.9 Å². The highest BCUT2D eigenvalue weighted by atomic mass is 35.5. The highest BCUT2D eigenvalue weighted by Gasteiger charge is 2.58. The molecule has 0 bridgehead atoms. The van der Waals surface area contributed by atoms with Crippen LogP contribution < -0.4 is 10.1 Å². The van der Waals surface area contributed by atoms with Crippen LogP contribution in [0.4, 0.5) is 0 Å². The minimum atomic E-state index is -0.796. The molecule has 1 aromatic carbocycles. The van der Waals surface area contributed by atoms with Crippen LogP contribution in [0.1, 0.15) is 49.4 Å². The Morgan fingerprint density at radius 2 is 1.95 bits per heavy atom.